The quantitative estimate of drug-likeness (QED) is 0.609. The van der Waals surface area contributed by atoms with E-state index in [4.69, 9.17) is 0 Å². The van der Waals surface area contributed by atoms with Gasteiger partial charge in [0.25, 0.3) is 0 Å². The Balaban J connectivity index is 2.82. The maximum absolute atomic E-state index is 12.8. The maximum atomic E-state index is 12.8. The second kappa shape index (κ2) is 7.20. The molecule has 0 aromatic heterocycles. The minimum Gasteiger partial charge on any atom is -0.392 e. The van der Waals surface area contributed by atoms with Crippen LogP contribution in [0.2, 0.25) is 0 Å². The molecular weight excluding hydrogens is 320 g/mol. The van der Waals surface area contributed by atoms with Crippen molar-refractivity contribution in [2.45, 2.75) is 36.2 Å². The SMILES string of the molecule is O=S(=O)(c1ccccc1)c1cc(CO)c(CO)c(CO)c1CO. The molecule has 0 fully saturated rings. The van der Waals surface area contributed by atoms with Gasteiger partial charge in [-0.3, -0.25) is 0 Å². The summed E-state index contributed by atoms with van der Waals surface area (Å²) in [6.07, 6.45) is 0. The van der Waals surface area contributed by atoms with Crippen molar-refractivity contribution in [2.24, 2.45) is 0 Å². The zero-order chi connectivity index (χ0) is 17.0. The lowest BCUT2D eigenvalue weighted by Gasteiger charge is -2.19. The molecule has 0 spiro atoms. The van der Waals surface area contributed by atoms with Crippen LogP contribution in [-0.2, 0) is 36.3 Å². The molecule has 0 saturated carbocycles. The number of sulfone groups is 1. The zero-order valence-corrected chi connectivity index (χ0v) is 13.1. The van der Waals surface area contributed by atoms with Crippen molar-refractivity contribution >= 4 is 9.84 Å². The Hall–Kier alpha value is -1.77. The van der Waals surface area contributed by atoms with Crippen LogP contribution in [-0.4, -0.2) is 28.8 Å². The lowest BCUT2D eigenvalue weighted by molar-refractivity contribution is 0.237. The molecule has 0 unspecified atom stereocenters. The number of hydrogen-bond acceptors (Lipinski definition) is 6. The summed E-state index contributed by atoms with van der Waals surface area (Å²) in [4.78, 5) is -0.143. The number of benzene rings is 2. The van der Waals surface area contributed by atoms with Gasteiger partial charge in [-0.15, -0.1) is 0 Å². The molecule has 0 aliphatic heterocycles. The van der Waals surface area contributed by atoms with Gasteiger partial charge in [0, 0.05) is 5.56 Å². The molecular formula is C16H18O6S. The molecule has 124 valence electrons. The van der Waals surface area contributed by atoms with E-state index in [1.807, 2.05) is 0 Å². The molecule has 0 radical (unpaired) electrons. The molecule has 2 rings (SSSR count). The van der Waals surface area contributed by atoms with Gasteiger partial charge >= 0.3 is 0 Å². The van der Waals surface area contributed by atoms with Crippen LogP contribution in [0, 0.1) is 0 Å². The van der Waals surface area contributed by atoms with E-state index in [-0.39, 0.29) is 32.0 Å². The van der Waals surface area contributed by atoms with E-state index >= 15 is 0 Å². The summed E-state index contributed by atoms with van der Waals surface area (Å²) in [5.41, 5.74) is 0.572. The van der Waals surface area contributed by atoms with Crippen LogP contribution in [0.1, 0.15) is 22.3 Å². The van der Waals surface area contributed by atoms with Gasteiger partial charge in [0.05, 0.1) is 36.2 Å². The minimum absolute atomic E-state index is 0.0256. The highest BCUT2D eigenvalue weighted by atomic mass is 32.2. The third-order valence-electron chi connectivity index (χ3n) is 3.71. The smallest absolute Gasteiger partial charge is 0.206 e. The molecule has 0 bridgehead atoms. The first-order chi connectivity index (χ1) is 11.0. The van der Waals surface area contributed by atoms with Gasteiger partial charge in [-0.25, -0.2) is 8.42 Å². The summed E-state index contributed by atoms with van der Waals surface area (Å²) >= 11 is 0. The average molecular weight is 338 g/mol. The second-order valence-corrected chi connectivity index (χ2v) is 6.84. The Morgan fingerprint density at radius 3 is 1.78 bits per heavy atom. The van der Waals surface area contributed by atoms with Gasteiger partial charge in [-0.2, -0.15) is 0 Å². The van der Waals surface area contributed by atoms with Crippen LogP contribution >= 0.6 is 0 Å². The van der Waals surface area contributed by atoms with Crippen LogP contribution in [0.5, 0.6) is 0 Å². The zero-order valence-electron chi connectivity index (χ0n) is 12.3. The van der Waals surface area contributed by atoms with Crippen molar-refractivity contribution in [3.8, 4) is 0 Å². The first-order valence-electron chi connectivity index (χ1n) is 6.91. The molecule has 0 amide bonds. The number of aliphatic hydroxyl groups excluding tert-OH is 4. The summed E-state index contributed by atoms with van der Waals surface area (Å²) in [7, 11) is -3.94. The molecule has 0 atom stereocenters. The standard InChI is InChI=1S/C16H18O6S/c17-7-11-6-16(15(10-20)14(9-19)13(11)8-18)23(21,22)12-4-2-1-3-5-12/h1-6,17-20H,7-10H2. The summed E-state index contributed by atoms with van der Waals surface area (Å²) in [6.45, 7) is -2.15. The maximum Gasteiger partial charge on any atom is 0.206 e. The van der Waals surface area contributed by atoms with Crippen LogP contribution in [0.15, 0.2) is 46.2 Å². The van der Waals surface area contributed by atoms with Gasteiger partial charge < -0.3 is 20.4 Å². The van der Waals surface area contributed by atoms with Crippen molar-refractivity contribution in [3.05, 3.63) is 58.7 Å². The highest BCUT2D eigenvalue weighted by Gasteiger charge is 2.26. The highest BCUT2D eigenvalue weighted by molar-refractivity contribution is 7.91. The van der Waals surface area contributed by atoms with Crippen LogP contribution in [0.3, 0.4) is 0 Å². The van der Waals surface area contributed by atoms with Gasteiger partial charge in [-0.1, -0.05) is 18.2 Å². The van der Waals surface area contributed by atoms with Gasteiger partial charge in [0.1, 0.15) is 0 Å². The number of hydrogen-bond donors (Lipinski definition) is 4. The summed E-state index contributed by atoms with van der Waals surface area (Å²) < 4.78 is 25.6. The minimum atomic E-state index is -3.94. The Labute approximate surface area is 134 Å². The fourth-order valence-corrected chi connectivity index (χ4v) is 4.10. The van der Waals surface area contributed by atoms with Crippen LogP contribution < -0.4 is 0 Å². The highest BCUT2D eigenvalue weighted by Crippen LogP contribution is 2.31. The molecule has 0 saturated heterocycles. The lowest BCUT2D eigenvalue weighted by Crippen LogP contribution is -2.13. The number of rotatable bonds is 6. The fourth-order valence-electron chi connectivity index (χ4n) is 2.53. The normalized spacial score (nSPS) is 11.7. The van der Waals surface area contributed by atoms with E-state index in [2.05, 4.69) is 0 Å². The molecule has 4 N–H and O–H groups in total. The van der Waals surface area contributed by atoms with Crippen molar-refractivity contribution in [3.63, 3.8) is 0 Å². The molecule has 7 heteroatoms. The topological polar surface area (TPSA) is 115 Å². The van der Waals surface area contributed by atoms with Gasteiger partial charge in [0.2, 0.25) is 9.84 Å². The Bertz CT molecular complexity index is 784. The van der Waals surface area contributed by atoms with Crippen LogP contribution in [0.4, 0.5) is 0 Å². The summed E-state index contributed by atoms with van der Waals surface area (Å²) in [5.74, 6) is 0. The third kappa shape index (κ3) is 3.15. The molecule has 0 heterocycles. The monoisotopic (exact) mass is 338 g/mol. The van der Waals surface area contributed by atoms with E-state index in [1.54, 1.807) is 18.2 Å². The molecule has 23 heavy (non-hydrogen) atoms. The van der Waals surface area contributed by atoms with Crippen molar-refractivity contribution in [1.29, 1.82) is 0 Å². The molecule has 6 nitrogen and oxygen atoms in total. The first-order valence-corrected chi connectivity index (χ1v) is 8.39. The van der Waals surface area contributed by atoms with E-state index in [9.17, 15) is 28.8 Å². The second-order valence-electron chi connectivity index (χ2n) is 4.92. The Morgan fingerprint density at radius 1 is 0.739 bits per heavy atom. The van der Waals surface area contributed by atoms with Crippen molar-refractivity contribution in [2.75, 3.05) is 0 Å². The van der Waals surface area contributed by atoms with E-state index in [0.29, 0.717) is 0 Å². The fraction of sp³-hybridized carbons (Fsp3) is 0.250. The molecule has 2 aromatic carbocycles. The molecule has 2 aromatic rings. The Kier molecular flexibility index (Phi) is 5.51. The molecule has 0 aliphatic carbocycles. The van der Waals surface area contributed by atoms with Crippen molar-refractivity contribution < 1.29 is 28.8 Å². The van der Waals surface area contributed by atoms with E-state index in [1.165, 1.54) is 18.2 Å². The first kappa shape index (κ1) is 17.6. The van der Waals surface area contributed by atoms with Gasteiger partial charge in [-0.05, 0) is 34.9 Å². The van der Waals surface area contributed by atoms with Crippen LogP contribution in [0.25, 0.3) is 0 Å². The predicted octanol–water partition coefficient (Wildman–Crippen LogP) is 0.489. The van der Waals surface area contributed by atoms with Crippen molar-refractivity contribution in [1.82, 2.24) is 0 Å². The van der Waals surface area contributed by atoms with Gasteiger partial charge in [0.15, 0.2) is 0 Å². The van der Waals surface area contributed by atoms with E-state index in [0.717, 1.165) is 0 Å². The number of aliphatic hydroxyl groups is 4. The average Bonchev–Trinajstić information content (AvgIpc) is 2.60. The Morgan fingerprint density at radius 2 is 1.30 bits per heavy atom. The lowest BCUT2D eigenvalue weighted by atomic mass is 9.97. The largest absolute Gasteiger partial charge is 0.392 e. The molecule has 0 aliphatic rings. The summed E-state index contributed by atoms with van der Waals surface area (Å²) in [6, 6.07) is 8.92. The predicted molar refractivity (Wildman–Crippen MR) is 82.0 cm³/mol. The summed E-state index contributed by atoms with van der Waals surface area (Å²) in [5, 5.41) is 38.0. The third-order valence-corrected chi connectivity index (χ3v) is 5.54. The van der Waals surface area contributed by atoms with E-state index < -0.39 is 36.3 Å².